The molecule has 0 aliphatic carbocycles. The number of phenols is 1. The molecular formula is C23H19NO5S. The van der Waals surface area contributed by atoms with Crippen molar-refractivity contribution in [3.05, 3.63) is 82.1 Å². The van der Waals surface area contributed by atoms with Gasteiger partial charge in [0.05, 0.1) is 17.9 Å². The van der Waals surface area contributed by atoms with Crippen LogP contribution in [0, 0.1) is 0 Å². The number of nitrogens with zero attached hydrogens (tertiary/aromatic N) is 1. The summed E-state index contributed by atoms with van der Waals surface area (Å²) in [6, 6.07) is 15.7. The summed E-state index contributed by atoms with van der Waals surface area (Å²) in [7, 11) is 0. The highest BCUT2D eigenvalue weighted by molar-refractivity contribution is 7.10. The summed E-state index contributed by atoms with van der Waals surface area (Å²) >= 11 is 1.36. The quantitative estimate of drug-likeness (QED) is 0.360. The molecule has 152 valence electrons. The first-order valence-corrected chi connectivity index (χ1v) is 10.3. The van der Waals surface area contributed by atoms with E-state index in [-0.39, 0.29) is 22.8 Å². The first-order chi connectivity index (χ1) is 14.5. The van der Waals surface area contributed by atoms with Gasteiger partial charge in [-0.05, 0) is 54.8 Å². The number of benzene rings is 2. The van der Waals surface area contributed by atoms with Crippen LogP contribution in [0.4, 0.5) is 5.69 Å². The number of thiophene rings is 1. The second kappa shape index (κ2) is 8.04. The molecule has 1 aliphatic heterocycles. The zero-order chi connectivity index (χ0) is 21.3. The lowest BCUT2D eigenvalue weighted by Crippen LogP contribution is -2.29. The number of Topliss-reactive ketones (excluding diaryl/α,β-unsaturated/α-hetero) is 1. The highest BCUT2D eigenvalue weighted by Gasteiger charge is 2.48. The maximum Gasteiger partial charge on any atom is 0.300 e. The van der Waals surface area contributed by atoms with Gasteiger partial charge in [0.25, 0.3) is 11.7 Å². The number of hydrogen-bond donors (Lipinski definition) is 2. The van der Waals surface area contributed by atoms with Gasteiger partial charge in [0.2, 0.25) is 0 Å². The molecule has 6 nitrogen and oxygen atoms in total. The minimum absolute atomic E-state index is 0.0186. The number of aliphatic hydroxyl groups is 1. The van der Waals surface area contributed by atoms with Gasteiger partial charge in [0.15, 0.2) is 0 Å². The largest absolute Gasteiger partial charge is 0.507 e. The summed E-state index contributed by atoms with van der Waals surface area (Å²) in [4.78, 5) is 27.9. The molecule has 1 saturated heterocycles. The standard InChI is InChI=1S/C23H19NO5S/c1-2-29-15-11-9-14(10-12-15)21(26)19-20(18-8-5-13-30-18)24(23(28)22(19)27)16-6-3-4-7-17(16)25/h3-13,20,25-26H,2H2,1H3/b21-19-. The Kier molecular flexibility index (Phi) is 5.29. The van der Waals surface area contributed by atoms with Crippen LogP contribution in [-0.4, -0.2) is 28.5 Å². The van der Waals surface area contributed by atoms with Crippen LogP contribution < -0.4 is 9.64 Å². The summed E-state index contributed by atoms with van der Waals surface area (Å²) in [5.41, 5.74) is 0.592. The second-order valence-electron chi connectivity index (χ2n) is 6.63. The van der Waals surface area contributed by atoms with E-state index in [4.69, 9.17) is 4.74 Å². The third kappa shape index (κ3) is 3.33. The number of amides is 1. The molecule has 0 bridgehead atoms. The Hall–Kier alpha value is -3.58. The van der Waals surface area contributed by atoms with E-state index in [9.17, 15) is 19.8 Å². The second-order valence-corrected chi connectivity index (χ2v) is 7.61. The number of aromatic hydroxyl groups is 1. The number of carbonyl (C=O) groups excluding carboxylic acids is 2. The number of ether oxygens (including phenoxy) is 1. The summed E-state index contributed by atoms with van der Waals surface area (Å²) in [6.45, 7) is 2.38. The Morgan fingerprint density at radius 1 is 1.07 bits per heavy atom. The van der Waals surface area contributed by atoms with Gasteiger partial charge in [-0.25, -0.2) is 0 Å². The minimum Gasteiger partial charge on any atom is -0.507 e. The van der Waals surface area contributed by atoms with Gasteiger partial charge >= 0.3 is 0 Å². The molecule has 2 heterocycles. The SMILES string of the molecule is CCOc1ccc(/C(O)=C2/C(=O)C(=O)N(c3ccccc3O)C2c2cccs2)cc1. The van der Waals surface area contributed by atoms with E-state index in [0.29, 0.717) is 22.8 Å². The molecule has 1 amide bonds. The number of ketones is 1. The average Bonchev–Trinajstić information content (AvgIpc) is 3.36. The van der Waals surface area contributed by atoms with Crippen LogP contribution in [-0.2, 0) is 9.59 Å². The van der Waals surface area contributed by atoms with Crippen molar-refractivity contribution >= 4 is 34.5 Å². The monoisotopic (exact) mass is 421 g/mol. The van der Waals surface area contributed by atoms with Crippen LogP contribution in [0.25, 0.3) is 5.76 Å². The molecule has 0 spiro atoms. The summed E-state index contributed by atoms with van der Waals surface area (Å²) in [5, 5.41) is 23.2. The zero-order valence-corrected chi connectivity index (χ0v) is 16.9. The van der Waals surface area contributed by atoms with E-state index in [2.05, 4.69) is 0 Å². The van der Waals surface area contributed by atoms with Gasteiger partial charge in [-0.1, -0.05) is 18.2 Å². The van der Waals surface area contributed by atoms with Crippen LogP contribution >= 0.6 is 11.3 Å². The maximum atomic E-state index is 13.0. The van der Waals surface area contributed by atoms with Crippen molar-refractivity contribution in [2.24, 2.45) is 0 Å². The predicted molar refractivity (Wildman–Crippen MR) is 115 cm³/mol. The van der Waals surface area contributed by atoms with Crippen molar-refractivity contribution in [3.63, 3.8) is 0 Å². The van der Waals surface area contributed by atoms with E-state index < -0.39 is 17.7 Å². The summed E-state index contributed by atoms with van der Waals surface area (Å²) in [5.74, 6) is -1.36. The van der Waals surface area contributed by atoms with Crippen molar-refractivity contribution in [1.29, 1.82) is 0 Å². The van der Waals surface area contributed by atoms with Crippen LogP contribution in [0.1, 0.15) is 23.4 Å². The highest BCUT2D eigenvalue weighted by atomic mass is 32.1. The minimum atomic E-state index is -0.843. The fourth-order valence-corrected chi connectivity index (χ4v) is 4.32. The molecule has 0 radical (unpaired) electrons. The molecule has 1 aromatic heterocycles. The lowest BCUT2D eigenvalue weighted by Gasteiger charge is -2.24. The van der Waals surface area contributed by atoms with Crippen LogP contribution in [0.3, 0.4) is 0 Å². The lowest BCUT2D eigenvalue weighted by molar-refractivity contribution is -0.132. The van der Waals surface area contributed by atoms with Gasteiger partial charge < -0.3 is 14.9 Å². The van der Waals surface area contributed by atoms with Gasteiger partial charge in [0.1, 0.15) is 23.3 Å². The molecule has 1 aliphatic rings. The lowest BCUT2D eigenvalue weighted by atomic mass is 9.99. The normalized spacial score (nSPS) is 18.0. The van der Waals surface area contributed by atoms with E-state index in [0.717, 1.165) is 0 Å². The fourth-order valence-electron chi connectivity index (χ4n) is 3.50. The van der Waals surface area contributed by atoms with Gasteiger partial charge in [-0.15, -0.1) is 11.3 Å². The molecule has 2 N–H and O–H groups in total. The number of hydrogen-bond acceptors (Lipinski definition) is 6. The Morgan fingerprint density at radius 3 is 2.43 bits per heavy atom. The molecule has 0 saturated carbocycles. The summed E-state index contributed by atoms with van der Waals surface area (Å²) < 4.78 is 5.42. The Bertz CT molecular complexity index is 1120. The molecule has 4 rings (SSSR count). The highest BCUT2D eigenvalue weighted by Crippen LogP contribution is 2.45. The number of rotatable bonds is 5. The van der Waals surface area contributed by atoms with E-state index in [1.54, 1.807) is 48.5 Å². The third-order valence-corrected chi connectivity index (χ3v) is 5.76. The first-order valence-electron chi connectivity index (χ1n) is 9.38. The van der Waals surface area contributed by atoms with Gasteiger partial charge in [0, 0.05) is 10.4 Å². The molecule has 1 fully saturated rings. The Labute approximate surface area is 177 Å². The molecule has 7 heteroatoms. The van der Waals surface area contributed by atoms with Crippen molar-refractivity contribution < 1.29 is 24.5 Å². The van der Waals surface area contributed by atoms with Crippen LogP contribution in [0.5, 0.6) is 11.5 Å². The molecular weight excluding hydrogens is 402 g/mol. The van der Waals surface area contributed by atoms with Gasteiger partial charge in [-0.3, -0.25) is 14.5 Å². The van der Waals surface area contributed by atoms with E-state index in [1.807, 2.05) is 18.4 Å². The predicted octanol–water partition coefficient (Wildman–Crippen LogP) is 4.48. The number of para-hydroxylation sites is 2. The van der Waals surface area contributed by atoms with E-state index in [1.165, 1.54) is 22.3 Å². The molecule has 1 atom stereocenters. The fraction of sp³-hybridized carbons (Fsp3) is 0.130. The van der Waals surface area contributed by atoms with Crippen molar-refractivity contribution in [2.75, 3.05) is 11.5 Å². The number of aliphatic hydroxyl groups excluding tert-OH is 1. The van der Waals surface area contributed by atoms with Crippen molar-refractivity contribution in [3.8, 4) is 11.5 Å². The number of anilines is 1. The first kappa shape index (κ1) is 19.7. The van der Waals surface area contributed by atoms with Crippen molar-refractivity contribution in [1.82, 2.24) is 0 Å². The number of carbonyl (C=O) groups is 2. The van der Waals surface area contributed by atoms with Gasteiger partial charge in [-0.2, -0.15) is 0 Å². The molecule has 2 aromatic carbocycles. The van der Waals surface area contributed by atoms with Crippen LogP contribution in [0.2, 0.25) is 0 Å². The average molecular weight is 421 g/mol. The smallest absolute Gasteiger partial charge is 0.300 e. The third-order valence-electron chi connectivity index (χ3n) is 4.84. The number of phenolic OH excluding ortho intramolecular Hbond substituents is 1. The van der Waals surface area contributed by atoms with Crippen molar-refractivity contribution in [2.45, 2.75) is 13.0 Å². The van der Waals surface area contributed by atoms with E-state index >= 15 is 0 Å². The Balaban J connectivity index is 1.87. The molecule has 30 heavy (non-hydrogen) atoms. The molecule has 3 aromatic rings. The topological polar surface area (TPSA) is 87.1 Å². The zero-order valence-electron chi connectivity index (χ0n) is 16.1. The molecule has 1 unspecified atom stereocenters. The Morgan fingerprint density at radius 2 is 1.80 bits per heavy atom. The maximum absolute atomic E-state index is 13.0. The summed E-state index contributed by atoms with van der Waals surface area (Å²) in [6.07, 6.45) is 0. The van der Waals surface area contributed by atoms with Crippen LogP contribution in [0.15, 0.2) is 71.6 Å².